The van der Waals surface area contributed by atoms with E-state index < -0.39 is 12.7 Å². The molecule has 2 fully saturated rings. The van der Waals surface area contributed by atoms with Crippen LogP contribution in [0.15, 0.2) is 35.3 Å². The molecular formula is C22H35F3IN5O. The molecule has 2 atom stereocenters. The summed E-state index contributed by atoms with van der Waals surface area (Å²) in [6.07, 6.45) is -1.75. The second-order valence-electron chi connectivity index (χ2n) is 8.58. The van der Waals surface area contributed by atoms with Gasteiger partial charge < -0.3 is 20.7 Å². The number of likely N-dealkylation sites (tertiary alicyclic amines) is 1. The summed E-state index contributed by atoms with van der Waals surface area (Å²) in [4.78, 5) is 5.74. The third-order valence-corrected chi connectivity index (χ3v) is 6.11. The number of aliphatic imine (C=N–C) groups is 1. The molecule has 10 heteroatoms. The second-order valence-corrected chi connectivity index (χ2v) is 8.58. The van der Waals surface area contributed by atoms with Crippen LogP contribution in [0.25, 0.3) is 0 Å². The Kier molecular flexibility index (Phi) is 10.5. The van der Waals surface area contributed by atoms with Gasteiger partial charge in [-0.1, -0.05) is 30.3 Å². The molecule has 32 heavy (non-hydrogen) atoms. The highest BCUT2D eigenvalue weighted by Gasteiger charge is 2.36. The zero-order valence-electron chi connectivity index (χ0n) is 18.8. The molecule has 0 spiro atoms. The van der Waals surface area contributed by atoms with Gasteiger partial charge in [0.1, 0.15) is 0 Å². The molecule has 6 nitrogen and oxygen atoms in total. The quantitative estimate of drug-likeness (QED) is 0.268. The molecular weight excluding hydrogens is 534 g/mol. The summed E-state index contributed by atoms with van der Waals surface area (Å²) in [5.41, 5.74) is 1.08. The first-order chi connectivity index (χ1) is 14.8. The van der Waals surface area contributed by atoms with E-state index in [9.17, 15) is 13.2 Å². The van der Waals surface area contributed by atoms with Gasteiger partial charge in [0.15, 0.2) is 5.96 Å². The van der Waals surface area contributed by atoms with Crippen molar-refractivity contribution in [2.24, 2.45) is 4.99 Å². The molecule has 0 aromatic heterocycles. The smallest absolute Gasteiger partial charge is 0.381 e. The Morgan fingerprint density at radius 1 is 1.25 bits per heavy atom. The van der Waals surface area contributed by atoms with Crippen LogP contribution in [0.2, 0.25) is 0 Å². The molecule has 0 radical (unpaired) electrons. The van der Waals surface area contributed by atoms with E-state index in [2.05, 4.69) is 40.0 Å². The first kappa shape index (κ1) is 27.1. The Morgan fingerprint density at radius 3 is 2.56 bits per heavy atom. The zero-order chi connectivity index (χ0) is 22.3. The minimum Gasteiger partial charge on any atom is -0.381 e. The van der Waals surface area contributed by atoms with E-state index in [0.717, 1.165) is 12.8 Å². The van der Waals surface area contributed by atoms with Crippen LogP contribution in [0.5, 0.6) is 0 Å². The molecule has 0 aliphatic carbocycles. The first-order valence-electron chi connectivity index (χ1n) is 11.0. The van der Waals surface area contributed by atoms with Gasteiger partial charge >= 0.3 is 6.18 Å². The maximum atomic E-state index is 12.6. The van der Waals surface area contributed by atoms with Crippen LogP contribution in [0.3, 0.4) is 0 Å². The van der Waals surface area contributed by atoms with Gasteiger partial charge in [-0.15, -0.1) is 24.0 Å². The Balaban J connectivity index is 0.00000363. The van der Waals surface area contributed by atoms with E-state index >= 15 is 0 Å². The van der Waals surface area contributed by atoms with Crippen molar-refractivity contribution in [3.05, 3.63) is 35.9 Å². The number of benzene rings is 1. The van der Waals surface area contributed by atoms with E-state index in [4.69, 9.17) is 4.74 Å². The Bertz CT molecular complexity index is 713. The van der Waals surface area contributed by atoms with Gasteiger partial charge in [-0.05, 0) is 31.7 Å². The number of hydrogen-bond donors (Lipinski definition) is 3. The summed E-state index contributed by atoms with van der Waals surface area (Å²) < 4.78 is 43.5. The van der Waals surface area contributed by atoms with Crippen molar-refractivity contribution >= 4 is 29.9 Å². The SMILES string of the molecule is CN=C(NCC1(NC(C)c2ccccc2)CCOCC1)NC1CCN(CC(F)(F)F)C1.I. The average Bonchev–Trinajstić information content (AvgIpc) is 3.17. The predicted molar refractivity (Wildman–Crippen MR) is 132 cm³/mol. The fourth-order valence-electron chi connectivity index (χ4n) is 4.41. The molecule has 0 bridgehead atoms. The van der Waals surface area contributed by atoms with Crippen LogP contribution in [-0.2, 0) is 4.74 Å². The van der Waals surface area contributed by atoms with Crippen LogP contribution in [0.4, 0.5) is 13.2 Å². The number of hydrogen-bond acceptors (Lipinski definition) is 4. The molecule has 3 rings (SSSR count). The minimum absolute atomic E-state index is 0. The zero-order valence-corrected chi connectivity index (χ0v) is 21.1. The molecule has 1 aromatic carbocycles. The lowest BCUT2D eigenvalue weighted by atomic mass is 9.88. The average molecular weight is 569 g/mol. The second kappa shape index (κ2) is 12.4. The van der Waals surface area contributed by atoms with Crippen molar-refractivity contribution in [1.82, 2.24) is 20.9 Å². The molecule has 3 N–H and O–H groups in total. The van der Waals surface area contributed by atoms with Crippen LogP contribution >= 0.6 is 24.0 Å². The fraction of sp³-hybridized carbons (Fsp3) is 0.682. The molecule has 0 amide bonds. The summed E-state index contributed by atoms with van der Waals surface area (Å²) in [7, 11) is 1.69. The fourth-order valence-corrected chi connectivity index (χ4v) is 4.41. The maximum Gasteiger partial charge on any atom is 0.401 e. The number of nitrogens with zero attached hydrogens (tertiary/aromatic N) is 2. The van der Waals surface area contributed by atoms with Gasteiger partial charge in [-0.25, -0.2) is 0 Å². The van der Waals surface area contributed by atoms with Crippen molar-refractivity contribution in [2.45, 2.75) is 50.0 Å². The van der Waals surface area contributed by atoms with E-state index in [0.29, 0.717) is 45.2 Å². The first-order valence-corrected chi connectivity index (χ1v) is 11.0. The molecule has 182 valence electrons. The minimum atomic E-state index is -4.16. The number of ether oxygens (including phenoxy) is 1. The van der Waals surface area contributed by atoms with Gasteiger partial charge in [0.05, 0.1) is 6.54 Å². The third kappa shape index (κ3) is 8.35. The van der Waals surface area contributed by atoms with Crippen LogP contribution in [0, 0.1) is 0 Å². The molecule has 2 aliphatic heterocycles. The van der Waals surface area contributed by atoms with Gasteiger partial charge in [0, 0.05) is 57.5 Å². The molecule has 1 aromatic rings. The van der Waals surface area contributed by atoms with Crippen molar-refractivity contribution in [1.29, 1.82) is 0 Å². The number of halogens is 4. The topological polar surface area (TPSA) is 60.9 Å². The Hall–Kier alpha value is -1.11. The highest BCUT2D eigenvalue weighted by atomic mass is 127. The van der Waals surface area contributed by atoms with Crippen LogP contribution in [0.1, 0.15) is 37.8 Å². The largest absolute Gasteiger partial charge is 0.401 e. The van der Waals surface area contributed by atoms with Crippen molar-refractivity contribution in [3.8, 4) is 0 Å². The monoisotopic (exact) mass is 569 g/mol. The molecule has 2 saturated heterocycles. The summed E-state index contributed by atoms with van der Waals surface area (Å²) in [5, 5.41) is 10.5. The highest BCUT2D eigenvalue weighted by molar-refractivity contribution is 14.0. The predicted octanol–water partition coefficient (Wildman–Crippen LogP) is 3.31. The third-order valence-electron chi connectivity index (χ3n) is 6.11. The summed E-state index contributed by atoms with van der Waals surface area (Å²) in [6, 6.07) is 10.5. The van der Waals surface area contributed by atoms with E-state index in [-0.39, 0.29) is 41.6 Å². The lowest BCUT2D eigenvalue weighted by molar-refractivity contribution is -0.143. The standard InChI is InChI=1S/C22H34F3N5O.HI/c1-17(18-6-4-3-5-7-18)29-21(9-12-31-13-10-21)15-27-20(26-2)28-19-8-11-30(14-19)16-22(23,24)25;/h3-7,17,19,29H,8-16H2,1-2H3,(H2,26,27,28);1H. The van der Waals surface area contributed by atoms with Crippen LogP contribution < -0.4 is 16.0 Å². The molecule has 2 aliphatic rings. The van der Waals surface area contributed by atoms with Crippen molar-refractivity contribution < 1.29 is 17.9 Å². The van der Waals surface area contributed by atoms with Crippen molar-refractivity contribution in [2.75, 3.05) is 46.4 Å². The Morgan fingerprint density at radius 2 is 1.94 bits per heavy atom. The van der Waals surface area contributed by atoms with E-state index in [1.54, 1.807) is 7.05 Å². The molecule has 2 unspecified atom stereocenters. The molecule has 2 heterocycles. The van der Waals surface area contributed by atoms with Gasteiger partial charge in [0.2, 0.25) is 0 Å². The number of guanidine groups is 1. The lowest BCUT2D eigenvalue weighted by Crippen LogP contribution is -2.59. The van der Waals surface area contributed by atoms with Gasteiger partial charge in [-0.3, -0.25) is 9.89 Å². The summed E-state index contributed by atoms with van der Waals surface area (Å²) in [5.74, 6) is 0.624. The molecule has 0 saturated carbocycles. The number of rotatable bonds is 7. The van der Waals surface area contributed by atoms with Crippen LogP contribution in [-0.4, -0.2) is 75.1 Å². The summed E-state index contributed by atoms with van der Waals surface area (Å²) >= 11 is 0. The van der Waals surface area contributed by atoms with Crippen molar-refractivity contribution in [3.63, 3.8) is 0 Å². The van der Waals surface area contributed by atoms with Gasteiger partial charge in [0.25, 0.3) is 0 Å². The lowest BCUT2D eigenvalue weighted by Gasteiger charge is -2.41. The Labute approximate surface area is 205 Å². The maximum absolute atomic E-state index is 12.6. The summed E-state index contributed by atoms with van der Waals surface area (Å²) in [6.45, 7) is 4.14. The van der Waals surface area contributed by atoms with Gasteiger partial charge in [-0.2, -0.15) is 13.2 Å². The number of nitrogens with one attached hydrogen (secondary N) is 3. The highest BCUT2D eigenvalue weighted by Crippen LogP contribution is 2.25. The van der Waals surface area contributed by atoms with E-state index in [1.165, 1.54) is 10.5 Å². The number of alkyl halides is 3. The normalized spacial score (nSPS) is 22.8. The van der Waals surface area contributed by atoms with E-state index in [1.807, 2.05) is 18.2 Å².